The number of amides is 2. The van der Waals surface area contributed by atoms with Crippen molar-refractivity contribution >= 4 is 17.5 Å². The van der Waals surface area contributed by atoms with E-state index >= 15 is 0 Å². The number of anilines is 1. The van der Waals surface area contributed by atoms with Crippen LogP contribution in [0.1, 0.15) is 23.6 Å². The molecule has 2 N–H and O–H groups in total. The highest BCUT2D eigenvalue weighted by Crippen LogP contribution is 2.20. The molecule has 2 aromatic carbocycles. The number of likely N-dealkylation sites (N-methyl/N-ethyl adjacent to an activating group) is 1. The largest absolute Gasteiger partial charge is 0.378 e. The Hall–Kier alpha value is -2.86. The topological polar surface area (TPSA) is 64.7 Å². The Morgan fingerprint density at radius 2 is 1.48 bits per heavy atom. The van der Waals surface area contributed by atoms with E-state index in [9.17, 15) is 9.59 Å². The van der Waals surface area contributed by atoms with Crippen molar-refractivity contribution in [1.82, 2.24) is 15.5 Å². The fraction of sp³-hybridized carbons (Fsp3) is 0.391. The summed E-state index contributed by atoms with van der Waals surface area (Å²) in [4.78, 5) is 28.3. The standard InChI is InChI=1S/C23H32N4O2/c1-26(2)20-14-12-19(13-15-20)21(27(3)4)17-25-23(29)22(28)24-16-8-11-18-9-6-5-7-10-18/h5-7,9-10,12-15,21H,8,11,16-17H2,1-4H3,(H,24,28)(H,25,29)/t21-/m1/s1. The van der Waals surface area contributed by atoms with Crippen LogP contribution in [-0.4, -0.2) is 58.0 Å². The number of hydrogen-bond donors (Lipinski definition) is 2. The molecule has 0 bridgehead atoms. The summed E-state index contributed by atoms with van der Waals surface area (Å²) in [6, 6.07) is 18.3. The van der Waals surface area contributed by atoms with Gasteiger partial charge in [0.05, 0.1) is 6.04 Å². The highest BCUT2D eigenvalue weighted by molar-refractivity contribution is 6.35. The Bertz CT molecular complexity index is 773. The van der Waals surface area contributed by atoms with Gasteiger partial charge in [-0.3, -0.25) is 9.59 Å². The van der Waals surface area contributed by atoms with Crippen molar-refractivity contribution in [3.8, 4) is 0 Å². The van der Waals surface area contributed by atoms with Crippen LogP contribution in [0.5, 0.6) is 0 Å². The number of hydrogen-bond acceptors (Lipinski definition) is 4. The van der Waals surface area contributed by atoms with Gasteiger partial charge in [0.2, 0.25) is 0 Å². The van der Waals surface area contributed by atoms with E-state index in [1.54, 1.807) is 0 Å². The first-order chi connectivity index (χ1) is 13.9. The molecule has 0 spiro atoms. The lowest BCUT2D eigenvalue weighted by atomic mass is 10.1. The second-order valence-electron chi connectivity index (χ2n) is 7.52. The molecule has 29 heavy (non-hydrogen) atoms. The molecule has 2 aromatic rings. The fourth-order valence-electron chi connectivity index (χ4n) is 3.08. The normalized spacial score (nSPS) is 11.8. The summed E-state index contributed by atoms with van der Waals surface area (Å²) < 4.78 is 0. The molecule has 0 unspecified atom stereocenters. The van der Waals surface area contributed by atoms with Crippen molar-refractivity contribution < 1.29 is 9.59 Å². The summed E-state index contributed by atoms with van der Waals surface area (Å²) in [5.41, 5.74) is 3.43. The number of aryl methyl sites for hydroxylation is 1. The van der Waals surface area contributed by atoms with E-state index in [0.29, 0.717) is 13.1 Å². The first kappa shape index (κ1) is 22.4. The molecule has 0 aliphatic carbocycles. The molecule has 0 saturated heterocycles. The summed E-state index contributed by atoms with van der Waals surface area (Å²) in [6.07, 6.45) is 1.66. The molecule has 2 rings (SSSR count). The summed E-state index contributed by atoms with van der Waals surface area (Å²) in [5.74, 6) is -1.18. The Balaban J connectivity index is 1.79. The number of nitrogens with one attached hydrogen (secondary N) is 2. The zero-order valence-electron chi connectivity index (χ0n) is 17.8. The van der Waals surface area contributed by atoms with E-state index in [4.69, 9.17) is 0 Å². The quantitative estimate of drug-likeness (QED) is 0.504. The van der Waals surface area contributed by atoms with Gasteiger partial charge in [-0.05, 0) is 50.2 Å². The predicted molar refractivity (Wildman–Crippen MR) is 118 cm³/mol. The maximum absolute atomic E-state index is 12.2. The molecule has 156 valence electrons. The van der Waals surface area contributed by atoms with Gasteiger partial charge >= 0.3 is 11.8 Å². The van der Waals surface area contributed by atoms with Crippen molar-refractivity contribution in [1.29, 1.82) is 0 Å². The number of carbonyl (C=O) groups excluding carboxylic acids is 2. The lowest BCUT2D eigenvalue weighted by Gasteiger charge is -2.25. The number of carbonyl (C=O) groups is 2. The van der Waals surface area contributed by atoms with Crippen LogP contribution in [0.2, 0.25) is 0 Å². The highest BCUT2D eigenvalue weighted by Gasteiger charge is 2.18. The second-order valence-corrected chi connectivity index (χ2v) is 7.52. The van der Waals surface area contributed by atoms with Gasteiger partial charge in [-0.1, -0.05) is 42.5 Å². The van der Waals surface area contributed by atoms with Crippen LogP contribution in [-0.2, 0) is 16.0 Å². The van der Waals surface area contributed by atoms with Crippen LogP contribution in [0.15, 0.2) is 54.6 Å². The van der Waals surface area contributed by atoms with Crippen LogP contribution >= 0.6 is 0 Å². The molecule has 0 fully saturated rings. The molecule has 0 heterocycles. The van der Waals surface area contributed by atoms with Crippen LogP contribution < -0.4 is 15.5 Å². The van der Waals surface area contributed by atoms with Gasteiger partial charge in [-0.2, -0.15) is 0 Å². The Morgan fingerprint density at radius 3 is 2.07 bits per heavy atom. The van der Waals surface area contributed by atoms with Gasteiger partial charge in [0.1, 0.15) is 0 Å². The van der Waals surface area contributed by atoms with E-state index in [2.05, 4.69) is 34.9 Å². The van der Waals surface area contributed by atoms with Gasteiger partial charge in [-0.15, -0.1) is 0 Å². The van der Waals surface area contributed by atoms with E-state index < -0.39 is 11.8 Å². The molecule has 0 aromatic heterocycles. The van der Waals surface area contributed by atoms with Gasteiger partial charge in [0, 0.05) is 32.9 Å². The van der Waals surface area contributed by atoms with Gasteiger partial charge < -0.3 is 20.4 Å². The smallest absolute Gasteiger partial charge is 0.309 e. The fourth-order valence-corrected chi connectivity index (χ4v) is 3.08. The third kappa shape index (κ3) is 7.23. The van der Waals surface area contributed by atoms with Crippen molar-refractivity contribution in [2.75, 3.05) is 46.2 Å². The van der Waals surface area contributed by atoms with Gasteiger partial charge in [-0.25, -0.2) is 0 Å². The second kappa shape index (κ2) is 11.2. The minimum Gasteiger partial charge on any atom is -0.378 e. The lowest BCUT2D eigenvalue weighted by Crippen LogP contribution is -2.43. The van der Waals surface area contributed by atoms with Crippen LogP contribution in [0, 0.1) is 0 Å². The maximum atomic E-state index is 12.2. The molecule has 0 aliphatic heterocycles. The molecular weight excluding hydrogens is 364 g/mol. The number of benzene rings is 2. The maximum Gasteiger partial charge on any atom is 0.309 e. The average molecular weight is 397 g/mol. The summed E-state index contributed by atoms with van der Waals surface area (Å²) in [6.45, 7) is 0.842. The zero-order valence-corrected chi connectivity index (χ0v) is 17.8. The third-order valence-electron chi connectivity index (χ3n) is 4.85. The SMILES string of the molecule is CN(C)c1ccc([C@@H](CNC(=O)C(=O)NCCCc2ccccc2)N(C)C)cc1. The van der Waals surface area contributed by atoms with E-state index in [1.165, 1.54) is 5.56 Å². The lowest BCUT2D eigenvalue weighted by molar-refractivity contribution is -0.139. The molecule has 0 radical (unpaired) electrons. The van der Waals surface area contributed by atoms with E-state index in [0.717, 1.165) is 24.1 Å². The first-order valence-corrected chi connectivity index (χ1v) is 9.92. The molecule has 0 aliphatic rings. The third-order valence-corrected chi connectivity index (χ3v) is 4.85. The molecule has 1 atom stereocenters. The van der Waals surface area contributed by atoms with E-state index in [1.807, 2.05) is 68.3 Å². The Kier molecular flexibility index (Phi) is 8.68. The minimum atomic E-state index is -0.596. The molecule has 6 nitrogen and oxygen atoms in total. The van der Waals surface area contributed by atoms with Crippen LogP contribution in [0.4, 0.5) is 5.69 Å². The van der Waals surface area contributed by atoms with Crippen molar-refractivity contribution in [2.45, 2.75) is 18.9 Å². The monoisotopic (exact) mass is 396 g/mol. The highest BCUT2D eigenvalue weighted by atomic mass is 16.2. The van der Waals surface area contributed by atoms with Crippen molar-refractivity contribution in [2.24, 2.45) is 0 Å². The van der Waals surface area contributed by atoms with Gasteiger partial charge in [0.25, 0.3) is 0 Å². The van der Waals surface area contributed by atoms with Crippen LogP contribution in [0.25, 0.3) is 0 Å². The Morgan fingerprint density at radius 1 is 0.862 bits per heavy atom. The average Bonchev–Trinajstić information content (AvgIpc) is 2.72. The predicted octanol–water partition coefficient (Wildman–Crippen LogP) is 2.22. The van der Waals surface area contributed by atoms with Crippen molar-refractivity contribution in [3.63, 3.8) is 0 Å². The van der Waals surface area contributed by atoms with Crippen LogP contribution in [0.3, 0.4) is 0 Å². The Labute approximate surface area is 173 Å². The molecule has 0 saturated carbocycles. The molecular formula is C23H32N4O2. The first-order valence-electron chi connectivity index (χ1n) is 9.92. The van der Waals surface area contributed by atoms with Crippen molar-refractivity contribution in [3.05, 3.63) is 65.7 Å². The number of rotatable bonds is 9. The number of nitrogens with zero attached hydrogens (tertiary/aromatic N) is 2. The van der Waals surface area contributed by atoms with E-state index in [-0.39, 0.29) is 6.04 Å². The zero-order chi connectivity index (χ0) is 21.2. The molecule has 2 amide bonds. The van der Waals surface area contributed by atoms with Gasteiger partial charge in [0.15, 0.2) is 0 Å². The summed E-state index contributed by atoms with van der Waals surface area (Å²) in [5, 5.41) is 5.45. The summed E-state index contributed by atoms with van der Waals surface area (Å²) >= 11 is 0. The summed E-state index contributed by atoms with van der Waals surface area (Å²) in [7, 11) is 7.91. The molecule has 6 heteroatoms. The minimum absolute atomic E-state index is 0.0129.